The van der Waals surface area contributed by atoms with Crippen LogP contribution >= 0.6 is 0 Å². The molecule has 0 N–H and O–H groups in total. The zero-order valence-electron chi connectivity index (χ0n) is 9.42. The highest BCUT2D eigenvalue weighted by atomic mass is 28.3. The molecule has 1 rings (SSSR count). The number of hydrogen-bond donors (Lipinski definition) is 0. The summed E-state index contributed by atoms with van der Waals surface area (Å²) in [7, 11) is 0.419. The van der Waals surface area contributed by atoms with E-state index in [9.17, 15) is 0 Å². The van der Waals surface area contributed by atoms with E-state index in [-0.39, 0.29) is 0 Å². The van der Waals surface area contributed by atoms with Crippen molar-refractivity contribution in [1.82, 2.24) is 0 Å². The van der Waals surface area contributed by atoms with Gasteiger partial charge >= 0.3 is 0 Å². The maximum absolute atomic E-state index is 5.12. The Kier molecular flexibility index (Phi) is 3.16. The van der Waals surface area contributed by atoms with E-state index in [0.29, 0.717) is 0 Å². The Labute approximate surface area is 87.4 Å². The van der Waals surface area contributed by atoms with E-state index in [0.717, 1.165) is 5.75 Å². The molecule has 0 saturated heterocycles. The summed E-state index contributed by atoms with van der Waals surface area (Å²) in [6.07, 6.45) is 0. The fourth-order valence-corrected chi connectivity index (χ4v) is 2.26. The molecule has 14 heavy (non-hydrogen) atoms. The first-order valence-corrected chi connectivity index (χ1v) is 8.29. The average Bonchev–Trinajstić information content (AvgIpc) is 2.15. The molecule has 0 atom stereocenters. The van der Waals surface area contributed by atoms with Gasteiger partial charge in [0.15, 0.2) is 0 Å². The van der Waals surface area contributed by atoms with Crippen LogP contribution < -0.4 is 4.74 Å². The predicted molar refractivity (Wildman–Crippen MR) is 65.4 cm³/mol. The van der Waals surface area contributed by atoms with Gasteiger partial charge in [-0.2, -0.15) is 0 Å². The lowest BCUT2D eigenvalue weighted by molar-refractivity contribution is 0.415. The van der Waals surface area contributed by atoms with Crippen LogP contribution in [-0.4, -0.2) is 15.2 Å². The smallest absolute Gasteiger partial charge is 0.118 e. The second-order valence-electron chi connectivity index (χ2n) is 4.46. The molecule has 0 aliphatic rings. The van der Waals surface area contributed by atoms with Gasteiger partial charge in [0.05, 0.1) is 15.2 Å². The molecular weight excluding hydrogens is 188 g/mol. The Hall–Kier alpha value is -1.02. The number of hydrogen-bond acceptors (Lipinski definition) is 1. The summed E-state index contributed by atoms with van der Waals surface area (Å²) in [5.74, 6) is 0.900. The summed E-state index contributed by atoms with van der Waals surface area (Å²) < 4.78 is 5.12. The first kappa shape index (κ1) is 11.1. The molecule has 0 spiro atoms. The zero-order chi connectivity index (χ0) is 10.8. The molecule has 1 nitrogen and oxygen atoms in total. The minimum Gasteiger partial charge on any atom is -0.497 e. The van der Waals surface area contributed by atoms with Gasteiger partial charge in [-0.1, -0.05) is 43.5 Å². The number of benzene rings is 1. The molecule has 0 amide bonds. The van der Waals surface area contributed by atoms with Crippen LogP contribution in [-0.2, 0) is 0 Å². The van der Waals surface area contributed by atoms with Gasteiger partial charge < -0.3 is 4.74 Å². The van der Waals surface area contributed by atoms with Crippen molar-refractivity contribution in [2.75, 3.05) is 7.11 Å². The van der Waals surface area contributed by atoms with Crippen molar-refractivity contribution in [3.05, 3.63) is 36.4 Å². The van der Waals surface area contributed by atoms with Crippen LogP contribution in [0.5, 0.6) is 5.75 Å². The van der Waals surface area contributed by atoms with E-state index in [1.54, 1.807) is 7.11 Å². The molecule has 0 heterocycles. The molecule has 0 fully saturated rings. The molecule has 0 bridgehead atoms. The number of rotatable bonds is 3. The van der Waals surface area contributed by atoms with E-state index in [4.69, 9.17) is 4.74 Å². The van der Waals surface area contributed by atoms with Crippen LogP contribution in [0.2, 0.25) is 19.6 Å². The molecule has 0 aliphatic heterocycles. The summed E-state index contributed by atoms with van der Waals surface area (Å²) in [5.41, 5.74) is 1.24. The predicted octanol–water partition coefficient (Wildman–Crippen LogP) is 3.59. The van der Waals surface area contributed by atoms with Gasteiger partial charge in [0, 0.05) is 0 Å². The standard InChI is InChI=1S/C12H18OSi/c1-10(14(3,4)5)11-6-8-12(13-2)9-7-11/h6-9H,1H2,2-5H3. The van der Waals surface area contributed by atoms with Gasteiger partial charge in [-0.25, -0.2) is 0 Å². The van der Waals surface area contributed by atoms with Crippen LogP contribution in [0, 0.1) is 0 Å². The van der Waals surface area contributed by atoms with Crippen molar-refractivity contribution in [3.63, 3.8) is 0 Å². The average molecular weight is 206 g/mol. The van der Waals surface area contributed by atoms with Gasteiger partial charge in [0.1, 0.15) is 5.75 Å². The summed E-state index contributed by atoms with van der Waals surface area (Å²) in [4.78, 5) is 0. The van der Waals surface area contributed by atoms with Crippen LogP contribution in [0.1, 0.15) is 5.56 Å². The largest absolute Gasteiger partial charge is 0.497 e. The van der Waals surface area contributed by atoms with Crippen molar-refractivity contribution in [1.29, 1.82) is 0 Å². The molecule has 0 saturated carbocycles. The van der Waals surface area contributed by atoms with E-state index < -0.39 is 8.07 Å². The normalized spacial score (nSPS) is 11.1. The number of ether oxygens (including phenoxy) is 1. The quantitative estimate of drug-likeness (QED) is 0.687. The van der Waals surface area contributed by atoms with Gasteiger partial charge in [-0.05, 0) is 17.7 Å². The van der Waals surface area contributed by atoms with Gasteiger partial charge in [-0.15, -0.1) is 0 Å². The lowest BCUT2D eigenvalue weighted by atomic mass is 10.2. The third-order valence-electron chi connectivity index (χ3n) is 2.34. The molecule has 1 aromatic rings. The maximum Gasteiger partial charge on any atom is 0.118 e. The van der Waals surface area contributed by atoms with Crippen LogP contribution in [0.15, 0.2) is 30.8 Å². The Morgan fingerprint density at radius 3 is 2.00 bits per heavy atom. The van der Waals surface area contributed by atoms with Gasteiger partial charge in [0.2, 0.25) is 0 Å². The third kappa shape index (κ3) is 2.48. The highest BCUT2D eigenvalue weighted by molar-refractivity contribution is 6.93. The van der Waals surface area contributed by atoms with Crippen LogP contribution in [0.25, 0.3) is 5.20 Å². The van der Waals surface area contributed by atoms with Crippen molar-refractivity contribution in [2.45, 2.75) is 19.6 Å². The Bertz CT molecular complexity index is 319. The minimum atomic E-state index is -1.26. The first-order valence-electron chi connectivity index (χ1n) is 4.79. The highest BCUT2D eigenvalue weighted by Crippen LogP contribution is 2.25. The fourth-order valence-electron chi connectivity index (χ4n) is 1.23. The lowest BCUT2D eigenvalue weighted by Crippen LogP contribution is -2.21. The maximum atomic E-state index is 5.12. The molecule has 2 heteroatoms. The molecule has 76 valence electrons. The molecule has 0 aliphatic carbocycles. The number of methoxy groups -OCH3 is 1. The molecular formula is C12H18OSi. The summed E-state index contributed by atoms with van der Waals surface area (Å²) in [5, 5.41) is 1.29. The summed E-state index contributed by atoms with van der Waals surface area (Å²) in [6, 6.07) is 8.14. The molecule has 0 unspecified atom stereocenters. The highest BCUT2D eigenvalue weighted by Gasteiger charge is 2.18. The first-order chi connectivity index (χ1) is 6.45. The second-order valence-corrected chi connectivity index (χ2v) is 9.56. The van der Waals surface area contributed by atoms with Crippen LogP contribution in [0.3, 0.4) is 0 Å². The van der Waals surface area contributed by atoms with E-state index >= 15 is 0 Å². The minimum absolute atomic E-state index is 0.900. The Morgan fingerprint density at radius 2 is 1.64 bits per heavy atom. The van der Waals surface area contributed by atoms with Crippen molar-refractivity contribution >= 4 is 13.3 Å². The Morgan fingerprint density at radius 1 is 1.14 bits per heavy atom. The topological polar surface area (TPSA) is 9.23 Å². The van der Waals surface area contributed by atoms with Crippen LogP contribution in [0.4, 0.5) is 0 Å². The molecule has 1 aromatic carbocycles. The Balaban J connectivity index is 2.93. The van der Waals surface area contributed by atoms with E-state index in [1.165, 1.54) is 10.8 Å². The third-order valence-corrected chi connectivity index (χ3v) is 4.44. The van der Waals surface area contributed by atoms with Gasteiger partial charge in [0.25, 0.3) is 0 Å². The zero-order valence-corrected chi connectivity index (χ0v) is 10.4. The molecule has 0 aromatic heterocycles. The van der Waals surface area contributed by atoms with Crippen molar-refractivity contribution in [2.24, 2.45) is 0 Å². The molecule has 0 radical (unpaired) electrons. The lowest BCUT2D eigenvalue weighted by Gasteiger charge is -2.19. The SMILES string of the molecule is C=C(c1ccc(OC)cc1)[Si](C)(C)C. The summed E-state index contributed by atoms with van der Waals surface area (Å²) in [6.45, 7) is 11.1. The van der Waals surface area contributed by atoms with Crippen molar-refractivity contribution < 1.29 is 4.74 Å². The second kappa shape index (κ2) is 4.01. The fraction of sp³-hybridized carbons (Fsp3) is 0.333. The monoisotopic (exact) mass is 206 g/mol. The van der Waals surface area contributed by atoms with Gasteiger partial charge in [-0.3, -0.25) is 0 Å². The van der Waals surface area contributed by atoms with E-state index in [2.05, 4.69) is 38.4 Å². The van der Waals surface area contributed by atoms with E-state index in [1.807, 2.05) is 12.1 Å². The van der Waals surface area contributed by atoms with Crippen molar-refractivity contribution in [3.8, 4) is 5.75 Å². The summed E-state index contributed by atoms with van der Waals surface area (Å²) >= 11 is 0.